The molecule has 0 aromatic rings. The van der Waals surface area contributed by atoms with Gasteiger partial charge in [-0.25, -0.2) is 0 Å². The van der Waals surface area contributed by atoms with Crippen LogP contribution in [0, 0.1) is 0 Å². The predicted molar refractivity (Wildman–Crippen MR) is 58.4 cm³/mol. The monoisotopic (exact) mass is 203 g/mol. The van der Waals surface area contributed by atoms with Gasteiger partial charge >= 0.3 is 0 Å². The third-order valence-electron chi connectivity index (χ3n) is 2.61. The largest absolute Gasteiger partial charge is 0.311 e. The van der Waals surface area contributed by atoms with Crippen LogP contribution in [0.2, 0.25) is 0 Å². The third-order valence-corrected chi connectivity index (χ3v) is 3.58. The van der Waals surface area contributed by atoms with Crippen LogP contribution in [0.4, 0.5) is 0 Å². The SMILES string of the molecule is CC(CS(C)=O)NC1CCCCC1. The molecule has 1 aliphatic carbocycles. The van der Waals surface area contributed by atoms with E-state index in [1.165, 1.54) is 32.1 Å². The quantitative estimate of drug-likeness (QED) is 0.753. The molecule has 0 heterocycles. The molecule has 2 atom stereocenters. The van der Waals surface area contributed by atoms with Gasteiger partial charge < -0.3 is 5.32 Å². The Morgan fingerprint density at radius 3 is 2.54 bits per heavy atom. The molecule has 2 nitrogen and oxygen atoms in total. The average Bonchev–Trinajstić information content (AvgIpc) is 2.04. The lowest BCUT2D eigenvalue weighted by molar-refractivity contribution is 0.353. The molecule has 1 fully saturated rings. The van der Waals surface area contributed by atoms with Crippen molar-refractivity contribution in [1.82, 2.24) is 5.32 Å². The number of rotatable bonds is 4. The topological polar surface area (TPSA) is 29.1 Å². The summed E-state index contributed by atoms with van der Waals surface area (Å²) in [6, 6.07) is 1.10. The maximum Gasteiger partial charge on any atom is 0.0383 e. The van der Waals surface area contributed by atoms with Gasteiger partial charge in [-0.2, -0.15) is 0 Å². The number of hydrogen-bond acceptors (Lipinski definition) is 2. The fraction of sp³-hybridized carbons (Fsp3) is 1.00. The van der Waals surface area contributed by atoms with Crippen molar-refractivity contribution in [2.75, 3.05) is 12.0 Å². The molecule has 0 bridgehead atoms. The number of hydrogen-bond donors (Lipinski definition) is 1. The van der Waals surface area contributed by atoms with E-state index in [0.29, 0.717) is 12.1 Å². The van der Waals surface area contributed by atoms with E-state index in [9.17, 15) is 4.21 Å². The molecule has 0 radical (unpaired) electrons. The Bertz CT molecular complexity index is 166. The Kier molecular flexibility index (Phi) is 4.96. The van der Waals surface area contributed by atoms with Crippen LogP contribution in [0.25, 0.3) is 0 Å². The zero-order chi connectivity index (χ0) is 9.68. The Morgan fingerprint density at radius 1 is 1.38 bits per heavy atom. The minimum absolute atomic E-state index is 0.411. The molecule has 1 saturated carbocycles. The molecule has 0 aromatic heterocycles. The highest BCUT2D eigenvalue weighted by Gasteiger charge is 2.15. The van der Waals surface area contributed by atoms with Gasteiger partial charge in [0.15, 0.2) is 0 Å². The van der Waals surface area contributed by atoms with Crippen LogP contribution in [-0.4, -0.2) is 28.3 Å². The van der Waals surface area contributed by atoms with E-state index in [0.717, 1.165) is 5.75 Å². The summed E-state index contributed by atoms with van der Waals surface area (Å²) < 4.78 is 11.0. The van der Waals surface area contributed by atoms with Crippen molar-refractivity contribution in [2.45, 2.75) is 51.1 Å². The third kappa shape index (κ3) is 4.77. The van der Waals surface area contributed by atoms with Gasteiger partial charge in [-0.3, -0.25) is 4.21 Å². The highest BCUT2D eigenvalue weighted by molar-refractivity contribution is 7.84. The second kappa shape index (κ2) is 5.76. The van der Waals surface area contributed by atoms with E-state index in [-0.39, 0.29) is 0 Å². The van der Waals surface area contributed by atoms with Gasteiger partial charge in [-0.05, 0) is 19.8 Å². The van der Waals surface area contributed by atoms with E-state index in [2.05, 4.69) is 12.2 Å². The van der Waals surface area contributed by atoms with Crippen LogP contribution in [0.15, 0.2) is 0 Å². The molecule has 0 saturated heterocycles. The molecular weight excluding hydrogens is 182 g/mol. The van der Waals surface area contributed by atoms with Crippen LogP contribution in [0.5, 0.6) is 0 Å². The molecule has 0 amide bonds. The summed E-state index contributed by atoms with van der Waals surface area (Å²) in [6.07, 6.45) is 8.51. The summed E-state index contributed by atoms with van der Waals surface area (Å²) in [7, 11) is -0.662. The maximum atomic E-state index is 11.0. The summed E-state index contributed by atoms with van der Waals surface area (Å²) in [5.41, 5.74) is 0. The zero-order valence-corrected chi connectivity index (χ0v) is 9.53. The maximum absolute atomic E-state index is 11.0. The van der Waals surface area contributed by atoms with Gasteiger partial charge in [0.1, 0.15) is 0 Å². The van der Waals surface area contributed by atoms with Gasteiger partial charge in [0.05, 0.1) is 0 Å². The van der Waals surface area contributed by atoms with E-state index in [1.807, 2.05) is 0 Å². The standard InChI is InChI=1S/C10H21NOS/c1-9(8-13(2)12)11-10-6-4-3-5-7-10/h9-11H,3-8H2,1-2H3. The Balaban J connectivity index is 2.18. The van der Waals surface area contributed by atoms with Crippen LogP contribution in [0.1, 0.15) is 39.0 Å². The van der Waals surface area contributed by atoms with Gasteiger partial charge in [0.25, 0.3) is 0 Å². The fourth-order valence-electron chi connectivity index (χ4n) is 2.07. The van der Waals surface area contributed by atoms with Crippen LogP contribution in [-0.2, 0) is 10.8 Å². The normalized spacial score (nSPS) is 24.2. The van der Waals surface area contributed by atoms with E-state index >= 15 is 0 Å². The molecule has 13 heavy (non-hydrogen) atoms. The summed E-state index contributed by atoms with van der Waals surface area (Å²) in [5.74, 6) is 0.788. The molecule has 1 aliphatic rings. The van der Waals surface area contributed by atoms with Crippen LogP contribution in [0.3, 0.4) is 0 Å². The van der Waals surface area contributed by atoms with Gasteiger partial charge in [0, 0.05) is 34.9 Å². The number of nitrogens with one attached hydrogen (secondary N) is 1. The summed E-state index contributed by atoms with van der Waals surface area (Å²) in [5, 5.41) is 3.56. The Morgan fingerprint density at radius 2 is 2.00 bits per heavy atom. The van der Waals surface area contributed by atoms with Crippen molar-refractivity contribution >= 4 is 10.8 Å². The van der Waals surface area contributed by atoms with Crippen LogP contribution >= 0.6 is 0 Å². The van der Waals surface area contributed by atoms with Crippen molar-refractivity contribution in [1.29, 1.82) is 0 Å². The highest BCUT2D eigenvalue weighted by atomic mass is 32.2. The van der Waals surface area contributed by atoms with E-state index in [1.54, 1.807) is 6.26 Å². The van der Waals surface area contributed by atoms with Crippen molar-refractivity contribution in [2.24, 2.45) is 0 Å². The lowest BCUT2D eigenvalue weighted by Crippen LogP contribution is -2.40. The van der Waals surface area contributed by atoms with Gasteiger partial charge in [-0.1, -0.05) is 19.3 Å². The zero-order valence-electron chi connectivity index (χ0n) is 8.71. The highest BCUT2D eigenvalue weighted by Crippen LogP contribution is 2.17. The minimum Gasteiger partial charge on any atom is -0.311 e. The van der Waals surface area contributed by atoms with E-state index < -0.39 is 10.8 Å². The molecule has 1 N–H and O–H groups in total. The molecule has 2 unspecified atom stereocenters. The lowest BCUT2D eigenvalue weighted by atomic mass is 9.95. The Labute approximate surface area is 83.9 Å². The lowest BCUT2D eigenvalue weighted by Gasteiger charge is -2.26. The van der Waals surface area contributed by atoms with Crippen molar-refractivity contribution in [3.8, 4) is 0 Å². The molecule has 1 rings (SSSR count). The second-order valence-electron chi connectivity index (χ2n) is 4.14. The first-order valence-corrected chi connectivity index (χ1v) is 6.97. The van der Waals surface area contributed by atoms with Crippen molar-refractivity contribution in [3.05, 3.63) is 0 Å². The second-order valence-corrected chi connectivity index (χ2v) is 5.62. The first-order valence-electron chi connectivity index (χ1n) is 5.24. The van der Waals surface area contributed by atoms with Crippen molar-refractivity contribution in [3.63, 3.8) is 0 Å². The van der Waals surface area contributed by atoms with E-state index in [4.69, 9.17) is 0 Å². The molecular formula is C10H21NOS. The predicted octanol–water partition coefficient (Wildman–Crippen LogP) is 1.68. The minimum atomic E-state index is -0.662. The van der Waals surface area contributed by atoms with Gasteiger partial charge in [0.2, 0.25) is 0 Å². The van der Waals surface area contributed by atoms with Crippen molar-refractivity contribution < 1.29 is 4.21 Å². The summed E-state index contributed by atoms with van der Waals surface area (Å²) in [6.45, 7) is 2.13. The molecule has 0 aromatic carbocycles. The molecule has 0 spiro atoms. The summed E-state index contributed by atoms with van der Waals surface area (Å²) in [4.78, 5) is 0. The molecule has 3 heteroatoms. The smallest absolute Gasteiger partial charge is 0.0383 e. The van der Waals surface area contributed by atoms with Gasteiger partial charge in [-0.15, -0.1) is 0 Å². The first-order chi connectivity index (χ1) is 6.18. The average molecular weight is 203 g/mol. The Hall–Kier alpha value is 0.110. The van der Waals surface area contributed by atoms with Crippen LogP contribution < -0.4 is 5.32 Å². The fourth-order valence-corrected chi connectivity index (χ4v) is 2.87. The molecule has 78 valence electrons. The first kappa shape index (κ1) is 11.2. The molecule has 0 aliphatic heterocycles. The summed E-state index contributed by atoms with van der Waals surface area (Å²) >= 11 is 0.